The Kier molecular flexibility index (Phi) is 19.1. The molecule has 0 bridgehead atoms. The number of nitro benzene ring substituents is 3. The van der Waals surface area contributed by atoms with Crippen LogP contribution in [0.15, 0.2) is 146 Å². The van der Waals surface area contributed by atoms with Gasteiger partial charge in [-0.25, -0.2) is 14.4 Å². The maximum Gasteiger partial charge on any atom is 0.326 e. The summed E-state index contributed by atoms with van der Waals surface area (Å²) in [7, 11) is 0. The molecule has 0 aliphatic rings. The molecule has 0 radical (unpaired) electrons. The van der Waals surface area contributed by atoms with Crippen LogP contribution in [0.3, 0.4) is 0 Å². The highest BCUT2D eigenvalue weighted by molar-refractivity contribution is 5.96. The molecule has 0 saturated heterocycles. The van der Waals surface area contributed by atoms with Crippen molar-refractivity contribution in [2.75, 3.05) is 6.54 Å². The van der Waals surface area contributed by atoms with Gasteiger partial charge in [0, 0.05) is 130 Å². The van der Waals surface area contributed by atoms with Gasteiger partial charge in [0.15, 0.2) is 0 Å². The first-order valence-electron chi connectivity index (χ1n) is 28.2. The molecule has 6 aromatic carbocycles. The summed E-state index contributed by atoms with van der Waals surface area (Å²) in [6.07, 6.45) is -3.78. The molecule has 0 aliphatic carbocycles. The number of carboxylic acids is 3. The molecule has 0 aliphatic heterocycles. The number of carbonyl (C=O) groups is 7. The van der Waals surface area contributed by atoms with E-state index in [4.69, 9.17) is 5.73 Å². The Morgan fingerprint density at radius 3 is 0.933 bits per heavy atom. The van der Waals surface area contributed by atoms with Crippen molar-refractivity contribution in [3.63, 3.8) is 0 Å². The minimum Gasteiger partial charge on any atom is -0.480 e. The molecule has 3 atom stereocenters. The van der Waals surface area contributed by atoms with Gasteiger partial charge in [-0.15, -0.1) is 0 Å². The normalized spacial score (nSPS) is 12.9. The SMILES string of the molecule is NCC(=O)NC(CCC(=O)NC(Cc1c(-c2ccc([N+](=O)[O-])cc2)[nH]c2ccccc12)C(=O)O)(CCC(=O)NC(Cc1c(-c2ccc([N+](=O)[O-])cc2)[nH]c2ccccc12)C(=O)O)CCC(=O)NC(Cc1c(-c2ccc([N+](=O)[O-])cc2)[nH]c2ccccc12)C(=O)O. The van der Waals surface area contributed by atoms with Gasteiger partial charge < -0.3 is 57.3 Å². The second kappa shape index (κ2) is 27.4. The number of nitrogens with two attached hydrogens (primary N) is 1. The maximum atomic E-state index is 14.2. The van der Waals surface area contributed by atoms with Crippen molar-refractivity contribution < 1.29 is 63.7 Å². The molecule has 3 aromatic heterocycles. The van der Waals surface area contributed by atoms with Crippen molar-refractivity contribution in [1.82, 2.24) is 36.2 Å². The molecular formula is C63H59N11O16. The highest BCUT2D eigenvalue weighted by Crippen LogP contribution is 2.36. The van der Waals surface area contributed by atoms with Gasteiger partial charge in [-0.3, -0.25) is 49.5 Å². The predicted molar refractivity (Wildman–Crippen MR) is 329 cm³/mol. The molecule has 462 valence electrons. The van der Waals surface area contributed by atoms with Crippen LogP contribution < -0.4 is 27.0 Å². The summed E-state index contributed by atoms with van der Waals surface area (Å²) >= 11 is 0. The van der Waals surface area contributed by atoms with E-state index in [0.717, 1.165) is 0 Å². The number of nitrogens with zero attached hydrogens (tertiary/aromatic N) is 3. The molecule has 4 amide bonds. The van der Waals surface area contributed by atoms with E-state index in [0.29, 0.717) is 83.2 Å². The number of nitro groups is 3. The number of carboxylic acid groups (broad SMARTS) is 3. The number of benzene rings is 6. The van der Waals surface area contributed by atoms with Crippen LogP contribution >= 0.6 is 0 Å². The average Bonchev–Trinajstić information content (AvgIpc) is 1.68. The number of carbonyl (C=O) groups excluding carboxylic acids is 4. The second-order valence-electron chi connectivity index (χ2n) is 21.5. The Balaban J connectivity index is 0.986. The molecular weight excluding hydrogens is 1170 g/mol. The zero-order valence-electron chi connectivity index (χ0n) is 47.7. The smallest absolute Gasteiger partial charge is 0.326 e. The zero-order chi connectivity index (χ0) is 64.4. The molecule has 9 aromatic rings. The summed E-state index contributed by atoms with van der Waals surface area (Å²) in [5, 5.41) is 78.5. The zero-order valence-corrected chi connectivity index (χ0v) is 47.7. The standard InChI is InChI=1S/C63H59N11O16/c64-34-56(78)71-63(28-25-53(75)65-50(60(79)80)31-44-41-7-1-4-10-47(41)68-57(44)35-13-19-38(20-14-35)72(85)86,29-26-54(76)66-51(61(81)82)32-45-42-8-2-5-11-48(42)69-58(45)36-15-21-39(22-16-36)73(87)88)30-27-55(77)67-52(62(83)84)33-46-43-9-3-6-12-49(43)70-59(46)37-17-23-40(24-18-37)74(89)90/h1-24,50-52,68-70H,25-34,64H2,(H,65,75)(H,66,76)(H,67,77)(H,71,78)(H,79,80)(H,81,82)(H,83,84). The number of nitrogens with one attached hydrogen (secondary N) is 7. The Bertz CT molecular complexity index is 3840. The van der Waals surface area contributed by atoms with E-state index in [1.807, 2.05) is 0 Å². The number of hydrogen-bond acceptors (Lipinski definition) is 14. The average molecular weight is 1230 g/mol. The number of aromatic nitrogens is 3. The number of para-hydroxylation sites is 3. The van der Waals surface area contributed by atoms with Crippen LogP contribution in [0.4, 0.5) is 17.1 Å². The fourth-order valence-corrected chi connectivity index (χ4v) is 11.2. The van der Waals surface area contributed by atoms with Crippen molar-refractivity contribution in [2.45, 2.75) is 81.5 Å². The quantitative estimate of drug-likeness (QED) is 0.0158. The van der Waals surface area contributed by atoms with Gasteiger partial charge in [0.2, 0.25) is 23.6 Å². The molecule has 0 spiro atoms. The first kappa shape index (κ1) is 62.9. The number of fused-ring (bicyclic) bond motifs is 3. The first-order chi connectivity index (χ1) is 43.1. The molecule has 0 saturated carbocycles. The minimum absolute atomic E-state index is 0.183. The topological polar surface area (TPSA) is 431 Å². The summed E-state index contributed by atoms with van der Waals surface area (Å²) in [6.45, 7) is -0.638. The van der Waals surface area contributed by atoms with E-state index >= 15 is 0 Å². The Morgan fingerprint density at radius 2 is 0.689 bits per heavy atom. The second-order valence-corrected chi connectivity index (χ2v) is 21.5. The van der Waals surface area contributed by atoms with Gasteiger partial charge in [0.1, 0.15) is 18.1 Å². The molecule has 3 unspecified atom stereocenters. The number of H-pyrrole nitrogens is 3. The van der Waals surface area contributed by atoms with Crippen LogP contribution in [0.2, 0.25) is 0 Å². The Morgan fingerprint density at radius 1 is 0.422 bits per heavy atom. The molecule has 27 heteroatoms. The highest BCUT2D eigenvalue weighted by atomic mass is 16.6. The third kappa shape index (κ3) is 14.6. The van der Waals surface area contributed by atoms with E-state index in [1.54, 1.807) is 72.8 Å². The summed E-state index contributed by atoms with van der Waals surface area (Å²) < 4.78 is 0. The van der Waals surface area contributed by atoms with Gasteiger partial charge in [0.25, 0.3) is 17.1 Å². The van der Waals surface area contributed by atoms with Crippen LogP contribution in [-0.4, -0.2) is 117 Å². The van der Waals surface area contributed by atoms with Crippen molar-refractivity contribution in [2.24, 2.45) is 5.73 Å². The van der Waals surface area contributed by atoms with Gasteiger partial charge in [-0.2, -0.15) is 0 Å². The number of amides is 4. The lowest BCUT2D eigenvalue weighted by molar-refractivity contribution is -0.385. The van der Waals surface area contributed by atoms with E-state index in [-0.39, 0.29) is 36.3 Å². The van der Waals surface area contributed by atoms with Crippen LogP contribution in [0, 0.1) is 30.3 Å². The fourth-order valence-electron chi connectivity index (χ4n) is 11.2. The Labute approximate surface area is 509 Å². The molecule has 90 heavy (non-hydrogen) atoms. The van der Waals surface area contributed by atoms with Crippen molar-refractivity contribution in [3.05, 3.63) is 193 Å². The van der Waals surface area contributed by atoms with E-state index in [1.165, 1.54) is 72.8 Å². The van der Waals surface area contributed by atoms with Crippen LogP contribution in [0.25, 0.3) is 66.5 Å². The number of rotatable bonds is 29. The first-order valence-corrected chi connectivity index (χ1v) is 28.2. The summed E-state index contributed by atoms with van der Waals surface area (Å²) in [4.78, 5) is 138. The number of aliphatic carboxylic acids is 3. The number of aromatic amines is 3. The monoisotopic (exact) mass is 1230 g/mol. The lowest BCUT2D eigenvalue weighted by Crippen LogP contribution is -2.53. The molecule has 12 N–H and O–H groups in total. The third-order valence-electron chi connectivity index (χ3n) is 15.7. The van der Waals surface area contributed by atoms with Gasteiger partial charge in [0.05, 0.1) is 21.3 Å². The number of non-ortho nitro benzene ring substituents is 3. The molecule has 0 fully saturated rings. The molecule has 3 heterocycles. The summed E-state index contributed by atoms with van der Waals surface area (Å²) in [5.41, 5.74) is 9.43. The van der Waals surface area contributed by atoms with Crippen molar-refractivity contribution in [3.8, 4) is 33.8 Å². The summed E-state index contributed by atoms with van der Waals surface area (Å²) in [6, 6.07) is 32.7. The fraction of sp³-hybridized carbons (Fsp3) is 0.222. The van der Waals surface area contributed by atoms with E-state index in [2.05, 4.69) is 36.2 Å². The van der Waals surface area contributed by atoms with Crippen molar-refractivity contribution >= 4 is 91.3 Å². The third-order valence-corrected chi connectivity index (χ3v) is 15.7. The van der Waals surface area contributed by atoms with Crippen LogP contribution in [0.5, 0.6) is 0 Å². The lowest BCUT2D eigenvalue weighted by Gasteiger charge is -2.35. The van der Waals surface area contributed by atoms with Gasteiger partial charge in [-0.1, -0.05) is 54.6 Å². The predicted octanol–water partition coefficient (Wildman–Crippen LogP) is 7.75. The minimum atomic E-state index is -1.75. The van der Waals surface area contributed by atoms with Crippen molar-refractivity contribution in [1.29, 1.82) is 0 Å². The summed E-state index contributed by atoms with van der Waals surface area (Å²) in [5.74, 6) is -7.73. The largest absolute Gasteiger partial charge is 0.480 e. The number of hydrogen-bond donors (Lipinski definition) is 11. The van der Waals surface area contributed by atoms with Gasteiger partial charge >= 0.3 is 17.9 Å². The van der Waals surface area contributed by atoms with E-state index < -0.39 is 125 Å². The van der Waals surface area contributed by atoms with E-state index in [9.17, 15) is 79.2 Å². The maximum absolute atomic E-state index is 14.2. The molecule has 9 rings (SSSR count). The van der Waals surface area contributed by atoms with Crippen LogP contribution in [0.1, 0.15) is 55.2 Å². The molecule has 27 nitrogen and oxygen atoms in total. The lowest BCUT2D eigenvalue weighted by atomic mass is 9.82. The van der Waals surface area contributed by atoms with Gasteiger partial charge in [-0.05, 0) is 107 Å². The van der Waals surface area contributed by atoms with Crippen LogP contribution in [-0.2, 0) is 52.8 Å². The highest BCUT2D eigenvalue weighted by Gasteiger charge is 2.36. The Hall–Kier alpha value is -11.6.